The number of benzene rings is 1. The largest absolute Gasteiger partial charge is 0.496 e. The molecule has 118 valence electrons. The van der Waals surface area contributed by atoms with Crippen LogP contribution in [-0.2, 0) is 16.1 Å². The summed E-state index contributed by atoms with van der Waals surface area (Å²) in [6.45, 7) is 8.63. The van der Waals surface area contributed by atoms with Crippen molar-refractivity contribution in [2.45, 2.75) is 26.0 Å². The maximum Gasteiger partial charge on any atom is 0.124 e. The van der Waals surface area contributed by atoms with Crippen LogP contribution in [0.5, 0.6) is 5.75 Å². The van der Waals surface area contributed by atoms with Crippen molar-refractivity contribution in [2.24, 2.45) is 0 Å². The highest BCUT2D eigenvalue weighted by atomic mass is 16.5. The Kier molecular flexibility index (Phi) is 8.74. The molecule has 0 amide bonds. The summed E-state index contributed by atoms with van der Waals surface area (Å²) in [5.74, 6) is 0.862. The van der Waals surface area contributed by atoms with E-state index in [9.17, 15) is 0 Å². The molecule has 0 fully saturated rings. The van der Waals surface area contributed by atoms with E-state index >= 15 is 0 Å². The van der Waals surface area contributed by atoms with Crippen LogP contribution in [0.2, 0.25) is 0 Å². The minimum absolute atomic E-state index is 0.259. The van der Waals surface area contributed by atoms with Gasteiger partial charge < -0.3 is 19.5 Å². The van der Waals surface area contributed by atoms with E-state index in [4.69, 9.17) is 14.2 Å². The lowest BCUT2D eigenvalue weighted by Crippen LogP contribution is -2.23. The third-order valence-corrected chi connectivity index (χ3v) is 3.27. The molecule has 1 rings (SSSR count). The zero-order valence-electron chi connectivity index (χ0n) is 13.4. The van der Waals surface area contributed by atoms with Gasteiger partial charge in [0.1, 0.15) is 5.75 Å². The Balaban J connectivity index is 2.47. The summed E-state index contributed by atoms with van der Waals surface area (Å²) in [5.41, 5.74) is 2.28. The topological polar surface area (TPSA) is 39.7 Å². The van der Waals surface area contributed by atoms with E-state index in [2.05, 4.69) is 31.0 Å². The molecule has 4 nitrogen and oxygen atoms in total. The highest BCUT2D eigenvalue weighted by Crippen LogP contribution is 2.23. The molecule has 0 heterocycles. The standard InChI is InChI=1S/C17H27NO3/c1-5-6-10-21-11-9-18-14(2)15-7-8-17(20-4)16(12-15)13-19-3/h5,7-8,12,14,18H,1,6,9-11,13H2,2-4H3. The van der Waals surface area contributed by atoms with E-state index in [1.54, 1.807) is 14.2 Å². The minimum atomic E-state index is 0.259. The van der Waals surface area contributed by atoms with Gasteiger partial charge in [-0.05, 0) is 31.0 Å². The number of ether oxygens (including phenoxy) is 3. The monoisotopic (exact) mass is 293 g/mol. The van der Waals surface area contributed by atoms with Crippen molar-refractivity contribution < 1.29 is 14.2 Å². The van der Waals surface area contributed by atoms with Gasteiger partial charge in [-0.15, -0.1) is 6.58 Å². The van der Waals surface area contributed by atoms with Crippen LogP contribution in [0.3, 0.4) is 0 Å². The Labute approximate surface area is 128 Å². The molecule has 0 radical (unpaired) electrons. The molecule has 1 aromatic carbocycles. The normalized spacial score (nSPS) is 12.1. The van der Waals surface area contributed by atoms with E-state index in [-0.39, 0.29) is 6.04 Å². The van der Waals surface area contributed by atoms with Crippen LogP contribution in [0.25, 0.3) is 0 Å². The number of methoxy groups -OCH3 is 2. The van der Waals surface area contributed by atoms with Crippen LogP contribution < -0.4 is 10.1 Å². The van der Waals surface area contributed by atoms with Gasteiger partial charge in [-0.3, -0.25) is 0 Å². The smallest absolute Gasteiger partial charge is 0.124 e. The second-order valence-electron chi connectivity index (χ2n) is 4.87. The fraction of sp³-hybridized carbons (Fsp3) is 0.529. The molecule has 0 spiro atoms. The molecular formula is C17H27NO3. The van der Waals surface area contributed by atoms with Crippen molar-refractivity contribution in [1.29, 1.82) is 0 Å². The first kappa shape index (κ1) is 17.7. The first-order valence-corrected chi connectivity index (χ1v) is 7.30. The van der Waals surface area contributed by atoms with Crippen LogP contribution in [0.15, 0.2) is 30.9 Å². The van der Waals surface area contributed by atoms with E-state index < -0.39 is 0 Å². The zero-order chi connectivity index (χ0) is 15.5. The highest BCUT2D eigenvalue weighted by Gasteiger charge is 2.09. The Morgan fingerprint density at radius 1 is 1.29 bits per heavy atom. The molecule has 0 bridgehead atoms. The summed E-state index contributed by atoms with van der Waals surface area (Å²) in [6.07, 6.45) is 2.76. The molecule has 4 heteroatoms. The lowest BCUT2D eigenvalue weighted by Gasteiger charge is -2.17. The molecule has 0 aliphatic carbocycles. The van der Waals surface area contributed by atoms with Gasteiger partial charge in [-0.2, -0.15) is 0 Å². The summed E-state index contributed by atoms with van der Waals surface area (Å²) in [5, 5.41) is 3.45. The maximum absolute atomic E-state index is 5.49. The van der Waals surface area contributed by atoms with Crippen LogP contribution >= 0.6 is 0 Å². The number of nitrogens with one attached hydrogen (secondary N) is 1. The van der Waals surface area contributed by atoms with Gasteiger partial charge in [0.05, 0.1) is 26.9 Å². The first-order valence-electron chi connectivity index (χ1n) is 7.30. The number of hydrogen-bond donors (Lipinski definition) is 1. The molecule has 21 heavy (non-hydrogen) atoms. The van der Waals surface area contributed by atoms with E-state index in [0.29, 0.717) is 13.2 Å². The molecule has 1 aromatic rings. The Morgan fingerprint density at radius 3 is 2.76 bits per heavy atom. The first-order chi connectivity index (χ1) is 10.2. The average Bonchev–Trinajstić information content (AvgIpc) is 2.50. The summed E-state index contributed by atoms with van der Waals surface area (Å²) in [6, 6.07) is 6.45. The fourth-order valence-electron chi connectivity index (χ4n) is 2.07. The van der Waals surface area contributed by atoms with Gasteiger partial charge in [-0.1, -0.05) is 12.1 Å². The second kappa shape index (κ2) is 10.4. The maximum atomic E-state index is 5.49. The van der Waals surface area contributed by atoms with Gasteiger partial charge >= 0.3 is 0 Å². The molecule has 0 saturated carbocycles. The quantitative estimate of drug-likeness (QED) is 0.503. The fourth-order valence-corrected chi connectivity index (χ4v) is 2.07. The Morgan fingerprint density at radius 2 is 2.10 bits per heavy atom. The minimum Gasteiger partial charge on any atom is -0.496 e. The lowest BCUT2D eigenvalue weighted by atomic mass is 10.0. The van der Waals surface area contributed by atoms with Crippen molar-refractivity contribution >= 4 is 0 Å². The number of hydrogen-bond acceptors (Lipinski definition) is 4. The predicted octanol–water partition coefficient (Wildman–Crippen LogP) is 3.08. The lowest BCUT2D eigenvalue weighted by molar-refractivity contribution is 0.138. The van der Waals surface area contributed by atoms with Gasteiger partial charge in [0.25, 0.3) is 0 Å². The van der Waals surface area contributed by atoms with E-state index in [0.717, 1.165) is 30.9 Å². The Bertz CT molecular complexity index is 420. The second-order valence-corrected chi connectivity index (χ2v) is 4.87. The SMILES string of the molecule is C=CCCOCCNC(C)c1ccc(OC)c(COC)c1. The molecule has 0 saturated heterocycles. The van der Waals surface area contributed by atoms with Gasteiger partial charge in [0.2, 0.25) is 0 Å². The number of rotatable bonds is 11. The summed E-state index contributed by atoms with van der Waals surface area (Å²) < 4.78 is 16.0. The molecule has 1 unspecified atom stereocenters. The molecule has 1 N–H and O–H groups in total. The van der Waals surface area contributed by atoms with Crippen LogP contribution in [0.1, 0.15) is 30.5 Å². The van der Waals surface area contributed by atoms with Crippen LogP contribution in [-0.4, -0.2) is 34.0 Å². The summed E-state index contributed by atoms with van der Waals surface area (Å²) in [4.78, 5) is 0. The molecule has 0 aliphatic rings. The van der Waals surface area contributed by atoms with E-state index in [1.165, 1.54) is 5.56 Å². The summed E-state index contributed by atoms with van der Waals surface area (Å²) >= 11 is 0. The third kappa shape index (κ3) is 6.29. The molecule has 1 atom stereocenters. The summed E-state index contributed by atoms with van der Waals surface area (Å²) in [7, 11) is 3.37. The molecule has 0 aliphatic heterocycles. The zero-order valence-corrected chi connectivity index (χ0v) is 13.4. The van der Waals surface area contributed by atoms with Gasteiger partial charge in [0, 0.05) is 25.3 Å². The molecular weight excluding hydrogens is 266 g/mol. The highest BCUT2D eigenvalue weighted by molar-refractivity contribution is 5.38. The van der Waals surface area contributed by atoms with E-state index in [1.807, 2.05) is 12.1 Å². The predicted molar refractivity (Wildman–Crippen MR) is 85.8 cm³/mol. The van der Waals surface area contributed by atoms with Gasteiger partial charge in [-0.25, -0.2) is 0 Å². The van der Waals surface area contributed by atoms with Crippen molar-refractivity contribution in [1.82, 2.24) is 5.32 Å². The van der Waals surface area contributed by atoms with Gasteiger partial charge in [0.15, 0.2) is 0 Å². The Hall–Kier alpha value is -1.36. The van der Waals surface area contributed by atoms with Crippen LogP contribution in [0.4, 0.5) is 0 Å². The van der Waals surface area contributed by atoms with Crippen molar-refractivity contribution in [3.05, 3.63) is 42.0 Å². The van der Waals surface area contributed by atoms with Crippen LogP contribution in [0, 0.1) is 0 Å². The van der Waals surface area contributed by atoms with Crippen molar-refractivity contribution in [3.8, 4) is 5.75 Å². The molecule has 0 aromatic heterocycles. The third-order valence-electron chi connectivity index (χ3n) is 3.27. The van der Waals surface area contributed by atoms with Crippen molar-refractivity contribution in [2.75, 3.05) is 34.0 Å². The average molecular weight is 293 g/mol. The van der Waals surface area contributed by atoms with Crippen molar-refractivity contribution in [3.63, 3.8) is 0 Å².